The molecule has 12 heteroatoms. The van der Waals surface area contributed by atoms with Gasteiger partial charge < -0.3 is 14.3 Å². The smallest absolute Gasteiger partial charge is 0.542 e. The molecule has 0 spiro atoms. The number of benzene rings is 1. The summed E-state index contributed by atoms with van der Waals surface area (Å²) in [6.45, 7) is 1.57. The van der Waals surface area contributed by atoms with E-state index in [1.165, 1.54) is 6.07 Å². The summed E-state index contributed by atoms with van der Waals surface area (Å²) in [5, 5.41) is 37.3. The minimum absolute atomic E-state index is 0. The number of non-ortho nitro benzene ring substituents is 1. The van der Waals surface area contributed by atoms with E-state index in [9.17, 15) is 30.1 Å². The van der Waals surface area contributed by atoms with Gasteiger partial charge in [0.2, 0.25) is 0 Å². The van der Waals surface area contributed by atoms with Crippen molar-refractivity contribution in [1.29, 1.82) is 0 Å². The second-order valence-corrected chi connectivity index (χ2v) is 5.88. The molecule has 0 fully saturated rings. The first-order chi connectivity index (χ1) is 12.8. The van der Waals surface area contributed by atoms with Gasteiger partial charge in [-0.15, -0.1) is 0 Å². The zero-order chi connectivity index (χ0) is 19.7. The number of carboxylic acid groups (broad SMARTS) is 1. The summed E-state index contributed by atoms with van der Waals surface area (Å²) in [6.07, 6.45) is 1.71. The molecule has 1 N–H and O–H groups in total. The molecule has 2 aromatic rings. The molecule has 0 aliphatic heterocycles. The molecule has 3 rings (SSSR count). The fourth-order valence-electron chi connectivity index (χ4n) is 2.98. The third-order valence-electron chi connectivity index (χ3n) is 4.21. The van der Waals surface area contributed by atoms with Crippen LogP contribution in [0.3, 0.4) is 0 Å². The van der Waals surface area contributed by atoms with Gasteiger partial charge in [-0.3, -0.25) is 25.7 Å². The van der Waals surface area contributed by atoms with E-state index in [4.69, 9.17) is 4.42 Å². The molecule has 11 nitrogen and oxygen atoms in total. The Morgan fingerprint density at radius 2 is 1.93 bits per heavy atom. The molecule has 140 valence electrons. The van der Waals surface area contributed by atoms with Crippen LogP contribution in [-0.2, 0) is 6.42 Å². The fraction of sp³-hybridized carbons (Fsp3) is 0.250. The van der Waals surface area contributed by atoms with E-state index in [1.807, 2.05) is 0 Å². The molecule has 1 aromatic heterocycles. The van der Waals surface area contributed by atoms with Crippen molar-refractivity contribution in [3.63, 3.8) is 0 Å². The molecule has 1 aliphatic carbocycles. The number of hydrazone groups is 1. The van der Waals surface area contributed by atoms with Gasteiger partial charge >= 0.3 is 57.1 Å². The number of nitro groups is 2. The minimum atomic E-state index is -1.43. The van der Waals surface area contributed by atoms with E-state index in [0.29, 0.717) is 41.9 Å². The number of hydrogen-bond acceptors (Lipinski definition) is 9. The topological polar surface area (TPSA) is 164 Å². The maximum Gasteiger partial charge on any atom is 1.00 e. The normalized spacial score (nSPS) is 14.1. The molecule has 1 aliphatic rings. The molecule has 0 saturated heterocycles. The molecule has 0 bridgehead atoms. The van der Waals surface area contributed by atoms with Crippen molar-refractivity contribution in [3.8, 4) is 0 Å². The second kappa shape index (κ2) is 8.92. The number of anilines is 1. The van der Waals surface area contributed by atoms with Crippen LogP contribution in [0.1, 0.15) is 40.3 Å². The summed E-state index contributed by atoms with van der Waals surface area (Å²) >= 11 is 0. The molecule has 0 atom stereocenters. The van der Waals surface area contributed by atoms with Crippen molar-refractivity contribution in [3.05, 3.63) is 61.1 Å². The number of carbonyl (C=O) groups excluding carboxylic acids is 1. The average molecular weight is 412 g/mol. The van der Waals surface area contributed by atoms with E-state index in [1.54, 1.807) is 6.92 Å². The summed E-state index contributed by atoms with van der Waals surface area (Å²) in [4.78, 5) is 31.6. The van der Waals surface area contributed by atoms with Gasteiger partial charge in [0.25, 0.3) is 5.69 Å². The Balaban J connectivity index is 0.00000280. The van der Waals surface area contributed by atoms with Crippen LogP contribution in [0.2, 0.25) is 0 Å². The number of aryl methyl sites for hydroxylation is 1. The van der Waals surface area contributed by atoms with Crippen LogP contribution in [0, 0.1) is 27.2 Å². The van der Waals surface area contributed by atoms with Crippen LogP contribution in [0.5, 0.6) is 0 Å². The molecule has 1 heterocycles. The minimum Gasteiger partial charge on any atom is -0.542 e. The van der Waals surface area contributed by atoms with E-state index in [2.05, 4.69) is 10.5 Å². The molecule has 1 aromatic carbocycles. The Hall–Kier alpha value is -2.12. The van der Waals surface area contributed by atoms with Crippen LogP contribution in [0.4, 0.5) is 17.1 Å². The monoisotopic (exact) mass is 412 g/mol. The summed E-state index contributed by atoms with van der Waals surface area (Å²) in [5.41, 5.74) is 3.03. The number of fused-ring (bicyclic) bond motifs is 1. The van der Waals surface area contributed by atoms with E-state index in [0.717, 1.165) is 12.1 Å². The first-order valence-corrected chi connectivity index (χ1v) is 7.89. The van der Waals surface area contributed by atoms with Gasteiger partial charge in [0.1, 0.15) is 17.4 Å². The maximum atomic E-state index is 11.2. The van der Waals surface area contributed by atoms with Crippen molar-refractivity contribution < 1.29 is 75.5 Å². The summed E-state index contributed by atoms with van der Waals surface area (Å²) in [7, 11) is 0. The molecule has 28 heavy (non-hydrogen) atoms. The van der Waals surface area contributed by atoms with Gasteiger partial charge in [0, 0.05) is 23.6 Å². The molecule has 0 amide bonds. The van der Waals surface area contributed by atoms with Gasteiger partial charge in [0.15, 0.2) is 5.76 Å². The van der Waals surface area contributed by atoms with Crippen LogP contribution >= 0.6 is 0 Å². The van der Waals surface area contributed by atoms with Gasteiger partial charge in [-0.2, -0.15) is 5.10 Å². The second-order valence-electron chi connectivity index (χ2n) is 5.88. The van der Waals surface area contributed by atoms with Crippen LogP contribution < -0.4 is 61.9 Å². The largest absolute Gasteiger partial charge is 1.00 e. The van der Waals surface area contributed by atoms with Gasteiger partial charge in [0.05, 0.1) is 21.6 Å². The molecule has 0 radical (unpaired) electrons. The summed E-state index contributed by atoms with van der Waals surface area (Å²) in [6, 6.07) is 3.16. The van der Waals surface area contributed by atoms with Crippen molar-refractivity contribution in [1.82, 2.24) is 0 Å². The molecule has 0 unspecified atom stereocenters. The van der Waals surface area contributed by atoms with Gasteiger partial charge in [-0.05, 0) is 25.8 Å². The number of carboxylic acids is 1. The summed E-state index contributed by atoms with van der Waals surface area (Å²) in [5.74, 6) is -1.23. The predicted molar refractivity (Wildman–Crippen MR) is 90.6 cm³/mol. The first kappa shape index (κ1) is 22.2. The summed E-state index contributed by atoms with van der Waals surface area (Å²) < 4.78 is 5.33. The fourth-order valence-corrected chi connectivity index (χ4v) is 2.98. The van der Waals surface area contributed by atoms with Gasteiger partial charge in [-0.25, -0.2) is 0 Å². The Kier molecular flexibility index (Phi) is 7.06. The molecule has 0 saturated carbocycles. The Bertz CT molecular complexity index is 999. The van der Waals surface area contributed by atoms with Crippen LogP contribution in [-0.4, -0.2) is 21.5 Å². The number of nitrogens with zero attached hydrogens (tertiary/aromatic N) is 3. The number of nitro benzene ring substituents is 2. The van der Waals surface area contributed by atoms with Crippen molar-refractivity contribution in [2.24, 2.45) is 5.10 Å². The number of aromatic carboxylic acids is 1. The van der Waals surface area contributed by atoms with E-state index < -0.39 is 27.2 Å². The quantitative estimate of drug-likeness (QED) is 0.368. The zero-order valence-corrected chi connectivity index (χ0v) is 18.2. The van der Waals surface area contributed by atoms with Crippen molar-refractivity contribution in [2.75, 3.05) is 5.43 Å². The molecular formula is C16H13KN4O7. The third kappa shape index (κ3) is 4.30. The predicted octanol–water partition coefficient (Wildman–Crippen LogP) is -1.08. The van der Waals surface area contributed by atoms with Crippen LogP contribution in [0.25, 0.3) is 0 Å². The third-order valence-corrected chi connectivity index (χ3v) is 4.21. The molecular weight excluding hydrogens is 399 g/mol. The number of rotatable bonds is 5. The zero-order valence-electron chi connectivity index (χ0n) is 15.1. The Morgan fingerprint density at radius 1 is 1.21 bits per heavy atom. The van der Waals surface area contributed by atoms with Crippen LogP contribution in [0.15, 0.2) is 27.7 Å². The number of hydrogen-bond donors (Lipinski definition) is 1. The van der Waals surface area contributed by atoms with E-state index >= 15 is 0 Å². The average Bonchev–Trinajstić information content (AvgIpc) is 2.97. The maximum absolute atomic E-state index is 11.2. The van der Waals surface area contributed by atoms with Crippen molar-refractivity contribution >= 4 is 28.7 Å². The number of furan rings is 1. The number of carbonyl (C=O) groups is 1. The Labute approximate surface area is 200 Å². The Morgan fingerprint density at radius 3 is 2.54 bits per heavy atom. The first-order valence-electron chi connectivity index (χ1n) is 7.89. The van der Waals surface area contributed by atoms with Crippen molar-refractivity contribution in [2.45, 2.75) is 26.2 Å². The number of nitrogens with one attached hydrogen (secondary N) is 1. The van der Waals surface area contributed by atoms with Gasteiger partial charge in [-0.1, -0.05) is 0 Å². The van der Waals surface area contributed by atoms with E-state index in [-0.39, 0.29) is 62.8 Å². The standard InChI is InChI=1S/C16H14N4O7.K/c1-8-14-11(3-2-4-13(14)27-15(8)16(21)22)18-17-10-6-5-9(19(23)24)7-12(10)20(25)26;/h5-7,17H,2-4H2,1H3,(H,21,22);/q;+1/p-1/b18-11+;. The SMILES string of the molecule is Cc1c(C(=O)[O-])oc2c1/C(=N/Nc1ccc([N+](=O)[O-])cc1[N+](=O)[O-])CCC2.[K+].